The van der Waals surface area contributed by atoms with E-state index in [0.29, 0.717) is 5.52 Å². The Morgan fingerprint density at radius 2 is 1.71 bits per heavy atom. The quantitative estimate of drug-likeness (QED) is 0.786. The van der Waals surface area contributed by atoms with Crippen LogP contribution in [0.25, 0.3) is 11.0 Å². The molecular weight excluding hydrogens is 315 g/mol. The number of hydrogen-bond donors (Lipinski definition) is 0. The predicted molar refractivity (Wildman–Crippen MR) is 91.2 cm³/mol. The Kier molecular flexibility index (Phi) is 5.28. The first kappa shape index (κ1) is 18.8. The van der Waals surface area contributed by atoms with Crippen molar-refractivity contribution in [2.45, 2.75) is 52.8 Å². The Morgan fingerprint density at radius 3 is 2.21 bits per heavy atom. The molecule has 0 atom stereocenters. The van der Waals surface area contributed by atoms with E-state index in [9.17, 15) is 13.2 Å². The van der Waals surface area contributed by atoms with Crippen molar-refractivity contribution in [3.8, 4) is 0 Å². The first-order valence-corrected chi connectivity index (χ1v) is 8.38. The monoisotopic (exact) mass is 341 g/mol. The van der Waals surface area contributed by atoms with Gasteiger partial charge in [0.05, 0.1) is 16.6 Å². The molecule has 0 amide bonds. The van der Waals surface area contributed by atoms with E-state index in [1.165, 1.54) is 0 Å². The van der Waals surface area contributed by atoms with E-state index in [1.807, 2.05) is 20.8 Å². The van der Waals surface area contributed by atoms with Gasteiger partial charge < -0.3 is 9.47 Å². The van der Waals surface area contributed by atoms with E-state index in [0.717, 1.165) is 49.7 Å². The highest BCUT2D eigenvalue weighted by Gasteiger charge is 2.31. The maximum atomic E-state index is 13.0. The second-order valence-electron chi connectivity index (χ2n) is 7.07. The second kappa shape index (κ2) is 6.75. The van der Waals surface area contributed by atoms with Crippen LogP contribution in [0.15, 0.2) is 18.2 Å². The summed E-state index contributed by atoms with van der Waals surface area (Å²) < 4.78 is 40.9. The molecule has 0 spiro atoms. The largest absolute Gasteiger partial charge is 0.416 e. The van der Waals surface area contributed by atoms with Gasteiger partial charge in [0.15, 0.2) is 0 Å². The lowest BCUT2D eigenvalue weighted by molar-refractivity contribution is -0.137. The second-order valence-corrected chi connectivity index (χ2v) is 7.07. The number of likely N-dealkylation sites (N-methyl/N-ethyl adjacent to an activating group) is 1. The van der Waals surface area contributed by atoms with Gasteiger partial charge in [-0.15, -0.1) is 0 Å². The minimum atomic E-state index is -4.35. The van der Waals surface area contributed by atoms with Crippen LogP contribution in [0.4, 0.5) is 13.2 Å². The smallest absolute Gasteiger partial charge is 0.326 e. The molecule has 0 saturated carbocycles. The van der Waals surface area contributed by atoms with E-state index in [2.05, 4.69) is 28.3 Å². The average Bonchev–Trinajstić information content (AvgIpc) is 2.85. The van der Waals surface area contributed by atoms with Crippen LogP contribution in [0.1, 0.15) is 46.0 Å². The van der Waals surface area contributed by atoms with E-state index < -0.39 is 11.7 Å². The molecule has 0 aliphatic heterocycles. The van der Waals surface area contributed by atoms with Crippen molar-refractivity contribution in [3.63, 3.8) is 0 Å². The molecule has 0 aliphatic rings. The first-order valence-electron chi connectivity index (χ1n) is 8.38. The van der Waals surface area contributed by atoms with Crippen LogP contribution in [0.5, 0.6) is 0 Å². The highest BCUT2D eigenvalue weighted by Crippen LogP contribution is 2.33. The molecule has 0 radical (unpaired) electrons. The van der Waals surface area contributed by atoms with Gasteiger partial charge in [-0.1, -0.05) is 34.6 Å². The average molecular weight is 341 g/mol. The van der Waals surface area contributed by atoms with E-state index in [4.69, 9.17) is 0 Å². The maximum absolute atomic E-state index is 13.0. The molecule has 0 aliphatic carbocycles. The predicted octanol–water partition coefficient (Wildman–Crippen LogP) is 4.69. The number of hydrogen-bond acceptors (Lipinski definition) is 2. The van der Waals surface area contributed by atoms with Crippen LogP contribution >= 0.6 is 0 Å². The summed E-state index contributed by atoms with van der Waals surface area (Å²) in [6.45, 7) is 13.8. The van der Waals surface area contributed by atoms with Crippen LogP contribution < -0.4 is 0 Å². The third-order valence-electron chi connectivity index (χ3n) is 4.28. The number of fused-ring (bicyclic) bond motifs is 1. The highest BCUT2D eigenvalue weighted by atomic mass is 19.4. The molecule has 24 heavy (non-hydrogen) atoms. The van der Waals surface area contributed by atoms with Crippen molar-refractivity contribution < 1.29 is 13.2 Å². The summed E-state index contributed by atoms with van der Waals surface area (Å²) >= 11 is 0. The normalized spacial score (nSPS) is 13.2. The third kappa shape index (κ3) is 3.91. The van der Waals surface area contributed by atoms with Gasteiger partial charge in [0.2, 0.25) is 0 Å². The Bertz CT molecular complexity index is 692. The van der Waals surface area contributed by atoms with Crippen molar-refractivity contribution >= 4 is 11.0 Å². The summed E-state index contributed by atoms with van der Waals surface area (Å²) in [5.74, 6) is 0.823. The van der Waals surface area contributed by atoms with Crippen molar-refractivity contribution in [2.75, 3.05) is 19.6 Å². The molecule has 1 heterocycles. The lowest BCUT2D eigenvalue weighted by Gasteiger charge is -2.23. The van der Waals surface area contributed by atoms with Crippen molar-refractivity contribution in [1.29, 1.82) is 0 Å². The van der Waals surface area contributed by atoms with Crippen LogP contribution in [-0.2, 0) is 18.1 Å². The first-order chi connectivity index (χ1) is 11.1. The fraction of sp³-hybridized carbons (Fsp3) is 0.611. The standard InChI is InChI=1S/C18H26F3N3/c1-6-23(7-2)10-11-24-15-9-8-13(18(19,20)21)12-14(15)22-16(24)17(3,4)5/h8-9,12H,6-7,10-11H2,1-5H3. The van der Waals surface area contributed by atoms with E-state index in [1.54, 1.807) is 6.07 Å². The summed E-state index contributed by atoms with van der Waals surface area (Å²) in [7, 11) is 0. The molecule has 2 aromatic rings. The summed E-state index contributed by atoms with van der Waals surface area (Å²) in [4.78, 5) is 6.83. The van der Waals surface area contributed by atoms with E-state index >= 15 is 0 Å². The van der Waals surface area contributed by atoms with Gasteiger partial charge in [0, 0.05) is 18.5 Å². The van der Waals surface area contributed by atoms with Gasteiger partial charge >= 0.3 is 6.18 Å². The van der Waals surface area contributed by atoms with Crippen molar-refractivity contribution in [3.05, 3.63) is 29.6 Å². The van der Waals surface area contributed by atoms with Crippen LogP contribution in [0.2, 0.25) is 0 Å². The zero-order valence-electron chi connectivity index (χ0n) is 15.0. The van der Waals surface area contributed by atoms with Crippen LogP contribution in [0.3, 0.4) is 0 Å². The zero-order chi connectivity index (χ0) is 18.1. The molecule has 0 saturated heterocycles. The molecule has 0 fully saturated rings. The summed E-state index contributed by atoms with van der Waals surface area (Å²) in [6.07, 6.45) is -4.35. The van der Waals surface area contributed by atoms with Crippen LogP contribution in [0, 0.1) is 0 Å². The Hall–Kier alpha value is -1.56. The molecule has 1 aromatic carbocycles. The molecule has 6 heteroatoms. The molecule has 3 nitrogen and oxygen atoms in total. The van der Waals surface area contributed by atoms with E-state index in [-0.39, 0.29) is 5.41 Å². The minimum Gasteiger partial charge on any atom is -0.326 e. The molecule has 0 unspecified atom stereocenters. The van der Waals surface area contributed by atoms with Crippen LogP contribution in [-0.4, -0.2) is 34.1 Å². The summed E-state index contributed by atoms with van der Waals surface area (Å²) in [6, 6.07) is 3.84. The van der Waals surface area contributed by atoms with Gasteiger partial charge in [-0.3, -0.25) is 0 Å². The van der Waals surface area contributed by atoms with Gasteiger partial charge in [-0.05, 0) is 31.3 Å². The zero-order valence-corrected chi connectivity index (χ0v) is 15.0. The van der Waals surface area contributed by atoms with Crippen molar-refractivity contribution in [1.82, 2.24) is 14.5 Å². The highest BCUT2D eigenvalue weighted by molar-refractivity contribution is 5.77. The molecule has 0 bridgehead atoms. The van der Waals surface area contributed by atoms with Gasteiger partial charge in [-0.2, -0.15) is 13.2 Å². The molecule has 0 N–H and O–H groups in total. The summed E-state index contributed by atoms with van der Waals surface area (Å²) in [5.41, 5.74) is 0.291. The fourth-order valence-electron chi connectivity index (χ4n) is 2.89. The minimum absolute atomic E-state index is 0.235. The Balaban J connectivity index is 2.50. The number of halogens is 3. The molecular formula is C18H26F3N3. The number of benzene rings is 1. The number of rotatable bonds is 5. The number of nitrogens with zero attached hydrogens (tertiary/aromatic N) is 3. The topological polar surface area (TPSA) is 21.1 Å². The summed E-state index contributed by atoms with van der Waals surface area (Å²) in [5, 5.41) is 0. The molecule has 2 rings (SSSR count). The Morgan fingerprint density at radius 1 is 1.08 bits per heavy atom. The molecule has 1 aromatic heterocycles. The number of imidazole rings is 1. The maximum Gasteiger partial charge on any atom is 0.416 e. The molecule has 134 valence electrons. The third-order valence-corrected chi connectivity index (χ3v) is 4.28. The SMILES string of the molecule is CCN(CC)CCn1c(C(C)(C)C)nc2cc(C(F)(F)F)ccc21. The van der Waals surface area contributed by atoms with Crippen molar-refractivity contribution in [2.24, 2.45) is 0 Å². The lowest BCUT2D eigenvalue weighted by Crippen LogP contribution is -2.29. The Labute approximate surface area is 141 Å². The lowest BCUT2D eigenvalue weighted by atomic mass is 9.95. The number of aromatic nitrogens is 2. The fourth-order valence-corrected chi connectivity index (χ4v) is 2.89. The van der Waals surface area contributed by atoms with Gasteiger partial charge in [-0.25, -0.2) is 4.98 Å². The van der Waals surface area contributed by atoms with Gasteiger partial charge in [0.25, 0.3) is 0 Å². The van der Waals surface area contributed by atoms with Gasteiger partial charge in [0.1, 0.15) is 5.82 Å². The number of alkyl halides is 3.